The quantitative estimate of drug-likeness (QED) is 0.476. The summed E-state index contributed by atoms with van der Waals surface area (Å²) in [6, 6.07) is 0. The first-order valence-electron chi connectivity index (χ1n) is 5.89. The molecule has 0 spiro atoms. The van der Waals surface area contributed by atoms with Crippen molar-refractivity contribution in [3.8, 4) is 11.8 Å². The molecule has 0 amide bonds. The standard InChI is InChI=1S/C14H19ClO2/c1-11(7-10-16)12-5-6-13(17)14(12,2)8-3-4-9-15/h12,16H,1,5-10H2,2H3/t12-,14-/m1/s1. The lowest BCUT2D eigenvalue weighted by Gasteiger charge is -2.29. The highest BCUT2D eigenvalue weighted by molar-refractivity contribution is 6.19. The summed E-state index contributed by atoms with van der Waals surface area (Å²) in [4.78, 5) is 12.0. The minimum absolute atomic E-state index is 0.0902. The van der Waals surface area contributed by atoms with Gasteiger partial charge in [0.2, 0.25) is 0 Å². The van der Waals surface area contributed by atoms with Crippen LogP contribution in [0.15, 0.2) is 12.2 Å². The molecule has 0 saturated heterocycles. The van der Waals surface area contributed by atoms with E-state index in [9.17, 15) is 4.79 Å². The first kappa shape index (κ1) is 14.3. The van der Waals surface area contributed by atoms with Gasteiger partial charge in [0.05, 0.1) is 5.88 Å². The van der Waals surface area contributed by atoms with Crippen molar-refractivity contribution in [2.24, 2.45) is 11.3 Å². The van der Waals surface area contributed by atoms with Crippen LogP contribution in [0.3, 0.4) is 0 Å². The molecule has 0 aliphatic heterocycles. The van der Waals surface area contributed by atoms with Crippen molar-refractivity contribution < 1.29 is 9.90 Å². The molecule has 2 nitrogen and oxygen atoms in total. The van der Waals surface area contributed by atoms with Gasteiger partial charge < -0.3 is 5.11 Å². The molecule has 0 aromatic rings. The molecule has 0 radical (unpaired) electrons. The number of halogens is 1. The third-order valence-corrected chi connectivity index (χ3v) is 3.77. The van der Waals surface area contributed by atoms with Crippen LogP contribution in [0.2, 0.25) is 0 Å². The molecule has 0 aromatic carbocycles. The summed E-state index contributed by atoms with van der Waals surface area (Å²) in [5, 5.41) is 8.96. The lowest BCUT2D eigenvalue weighted by Crippen LogP contribution is -2.29. The molecule has 17 heavy (non-hydrogen) atoms. The molecule has 1 N–H and O–H groups in total. The SMILES string of the molecule is C=C(CCO)[C@H]1CCC(=O)[C@]1(C)CC#CCCl. The van der Waals surface area contributed by atoms with Crippen LogP contribution in [0.25, 0.3) is 0 Å². The van der Waals surface area contributed by atoms with Crippen LogP contribution in [0, 0.1) is 23.2 Å². The number of aliphatic hydroxyl groups excluding tert-OH is 1. The Bertz CT molecular complexity index is 364. The van der Waals surface area contributed by atoms with Crippen molar-refractivity contribution in [3.05, 3.63) is 12.2 Å². The van der Waals surface area contributed by atoms with E-state index in [-0.39, 0.29) is 18.3 Å². The number of carbonyl (C=O) groups is 1. The van der Waals surface area contributed by atoms with Crippen LogP contribution in [0.5, 0.6) is 0 Å². The van der Waals surface area contributed by atoms with Gasteiger partial charge in [-0.15, -0.1) is 17.5 Å². The highest BCUT2D eigenvalue weighted by Gasteiger charge is 2.46. The number of Topliss-reactive ketones (excluding diaryl/α,β-unsaturated/α-hetero) is 1. The third kappa shape index (κ3) is 3.12. The average Bonchev–Trinajstić information content (AvgIpc) is 2.57. The maximum absolute atomic E-state index is 12.0. The fraction of sp³-hybridized carbons (Fsp3) is 0.643. The predicted octanol–water partition coefficient (Wildman–Crippen LogP) is 2.54. The first-order valence-corrected chi connectivity index (χ1v) is 6.43. The molecule has 0 bridgehead atoms. The van der Waals surface area contributed by atoms with Gasteiger partial charge in [-0.25, -0.2) is 0 Å². The molecular weight excluding hydrogens is 236 g/mol. The van der Waals surface area contributed by atoms with Gasteiger partial charge in [-0.2, -0.15) is 0 Å². The van der Waals surface area contributed by atoms with Gasteiger partial charge in [0.25, 0.3) is 0 Å². The second-order valence-electron chi connectivity index (χ2n) is 4.73. The normalized spacial score (nSPS) is 27.7. The zero-order chi connectivity index (χ0) is 12.9. The lowest BCUT2D eigenvalue weighted by molar-refractivity contribution is -0.125. The number of hydrogen-bond acceptors (Lipinski definition) is 2. The van der Waals surface area contributed by atoms with E-state index < -0.39 is 5.41 Å². The summed E-state index contributed by atoms with van der Waals surface area (Å²) in [7, 11) is 0. The summed E-state index contributed by atoms with van der Waals surface area (Å²) in [5.74, 6) is 6.46. The summed E-state index contributed by atoms with van der Waals surface area (Å²) in [6.45, 7) is 6.05. The van der Waals surface area contributed by atoms with E-state index in [1.54, 1.807) is 0 Å². The van der Waals surface area contributed by atoms with Crippen LogP contribution in [-0.2, 0) is 4.79 Å². The molecule has 0 unspecified atom stereocenters. The summed E-state index contributed by atoms with van der Waals surface area (Å²) < 4.78 is 0. The van der Waals surface area contributed by atoms with E-state index in [4.69, 9.17) is 16.7 Å². The van der Waals surface area contributed by atoms with Crippen molar-refractivity contribution in [3.63, 3.8) is 0 Å². The van der Waals surface area contributed by atoms with Crippen LogP contribution < -0.4 is 0 Å². The number of ketones is 1. The van der Waals surface area contributed by atoms with Gasteiger partial charge in [-0.1, -0.05) is 25.0 Å². The van der Waals surface area contributed by atoms with Crippen LogP contribution in [0.4, 0.5) is 0 Å². The molecule has 1 rings (SSSR count). The Morgan fingerprint density at radius 1 is 1.65 bits per heavy atom. The van der Waals surface area contributed by atoms with Gasteiger partial charge >= 0.3 is 0 Å². The van der Waals surface area contributed by atoms with E-state index in [0.717, 1.165) is 12.0 Å². The van der Waals surface area contributed by atoms with Crippen molar-refractivity contribution in [1.29, 1.82) is 0 Å². The van der Waals surface area contributed by atoms with Gasteiger partial charge in [0.1, 0.15) is 5.78 Å². The van der Waals surface area contributed by atoms with Crippen molar-refractivity contribution >= 4 is 17.4 Å². The molecule has 1 saturated carbocycles. The van der Waals surface area contributed by atoms with E-state index in [2.05, 4.69) is 18.4 Å². The van der Waals surface area contributed by atoms with Crippen molar-refractivity contribution in [1.82, 2.24) is 0 Å². The summed E-state index contributed by atoms with van der Waals surface area (Å²) in [6.07, 6.45) is 2.52. The van der Waals surface area contributed by atoms with Crippen molar-refractivity contribution in [2.75, 3.05) is 12.5 Å². The Kier molecular flexibility index (Phi) is 5.24. The highest BCUT2D eigenvalue weighted by Crippen LogP contribution is 2.46. The number of aliphatic hydroxyl groups is 1. The Hall–Kier alpha value is -0.780. The second-order valence-corrected chi connectivity index (χ2v) is 4.99. The van der Waals surface area contributed by atoms with E-state index >= 15 is 0 Å². The molecule has 94 valence electrons. The Labute approximate surface area is 108 Å². The molecule has 2 atom stereocenters. The van der Waals surface area contributed by atoms with Gasteiger partial charge in [-0.3, -0.25) is 4.79 Å². The topological polar surface area (TPSA) is 37.3 Å². The number of hydrogen-bond donors (Lipinski definition) is 1. The number of carbonyl (C=O) groups excluding carboxylic acids is 1. The van der Waals surface area contributed by atoms with Crippen LogP contribution in [-0.4, -0.2) is 23.4 Å². The van der Waals surface area contributed by atoms with Crippen LogP contribution >= 0.6 is 11.6 Å². The molecule has 0 aromatic heterocycles. The zero-order valence-corrected chi connectivity index (χ0v) is 11.0. The Morgan fingerprint density at radius 3 is 2.94 bits per heavy atom. The van der Waals surface area contributed by atoms with Gasteiger partial charge in [0, 0.05) is 24.9 Å². The summed E-state index contributed by atoms with van der Waals surface area (Å²) >= 11 is 5.51. The number of rotatable bonds is 4. The van der Waals surface area contributed by atoms with E-state index in [0.29, 0.717) is 25.1 Å². The molecule has 0 heterocycles. The fourth-order valence-corrected chi connectivity index (χ4v) is 2.66. The minimum atomic E-state index is -0.439. The molecular formula is C14H19ClO2. The second kappa shape index (κ2) is 6.23. The third-order valence-electron chi connectivity index (χ3n) is 3.64. The highest BCUT2D eigenvalue weighted by atomic mass is 35.5. The number of alkyl halides is 1. The largest absolute Gasteiger partial charge is 0.396 e. The molecule has 1 aliphatic carbocycles. The van der Waals surface area contributed by atoms with E-state index in [1.807, 2.05) is 6.92 Å². The average molecular weight is 255 g/mol. The monoisotopic (exact) mass is 254 g/mol. The predicted molar refractivity (Wildman–Crippen MR) is 69.8 cm³/mol. The minimum Gasteiger partial charge on any atom is -0.396 e. The summed E-state index contributed by atoms with van der Waals surface area (Å²) in [5.41, 5.74) is 0.527. The molecule has 3 heteroatoms. The fourth-order valence-electron chi connectivity index (χ4n) is 2.56. The lowest BCUT2D eigenvalue weighted by atomic mass is 9.73. The maximum atomic E-state index is 12.0. The Morgan fingerprint density at radius 2 is 2.35 bits per heavy atom. The smallest absolute Gasteiger partial charge is 0.140 e. The van der Waals surface area contributed by atoms with E-state index in [1.165, 1.54) is 0 Å². The maximum Gasteiger partial charge on any atom is 0.140 e. The van der Waals surface area contributed by atoms with Crippen molar-refractivity contribution in [2.45, 2.75) is 32.6 Å². The first-order chi connectivity index (χ1) is 8.06. The van der Waals surface area contributed by atoms with Crippen LogP contribution in [0.1, 0.15) is 32.6 Å². The molecule has 1 aliphatic rings. The zero-order valence-electron chi connectivity index (χ0n) is 10.3. The Balaban J connectivity index is 2.83. The molecule has 1 fully saturated rings. The van der Waals surface area contributed by atoms with Gasteiger partial charge in [-0.05, 0) is 18.8 Å². The van der Waals surface area contributed by atoms with Gasteiger partial charge in [0.15, 0.2) is 0 Å².